The molecule has 1 aromatic rings. The summed E-state index contributed by atoms with van der Waals surface area (Å²) in [5.41, 5.74) is 5.03. The van der Waals surface area contributed by atoms with Gasteiger partial charge in [0.1, 0.15) is 11.6 Å². The maximum absolute atomic E-state index is 12.5. The molecule has 1 aromatic carbocycles. The Morgan fingerprint density at radius 1 is 1.50 bits per heavy atom. The smallest absolute Gasteiger partial charge is 0.150 e. The van der Waals surface area contributed by atoms with Gasteiger partial charge in [-0.25, -0.2) is 8.78 Å². The number of hydrogen-bond acceptors (Lipinski definition) is 1. The minimum atomic E-state index is -0.808. The molecular weight excluding hydrogens is 204 g/mol. The second-order valence-electron chi connectivity index (χ2n) is 1.70. The monoisotopic (exact) mass is 206 g/mol. The van der Waals surface area contributed by atoms with Gasteiger partial charge < -0.3 is 5.73 Å². The summed E-state index contributed by atoms with van der Waals surface area (Å²) in [5.74, 6) is -1.52. The van der Waals surface area contributed by atoms with Crippen LogP contribution >= 0.6 is 15.9 Å². The Hall–Kier alpha value is -0.640. The van der Waals surface area contributed by atoms with Gasteiger partial charge in [0.15, 0.2) is 0 Å². The lowest BCUT2D eigenvalue weighted by molar-refractivity contribution is 0.571. The van der Waals surface area contributed by atoms with Crippen molar-refractivity contribution in [3.63, 3.8) is 0 Å². The van der Waals surface area contributed by atoms with Crippen molar-refractivity contribution in [3.8, 4) is 0 Å². The molecule has 0 saturated heterocycles. The van der Waals surface area contributed by atoms with E-state index in [1.165, 1.54) is 0 Å². The van der Waals surface area contributed by atoms with Crippen molar-refractivity contribution in [2.24, 2.45) is 0 Å². The van der Waals surface area contributed by atoms with Gasteiger partial charge in [0.25, 0.3) is 0 Å². The molecule has 0 unspecified atom stereocenters. The van der Waals surface area contributed by atoms with Crippen LogP contribution in [0.25, 0.3) is 0 Å². The average Bonchev–Trinajstić information content (AvgIpc) is 1.82. The van der Waals surface area contributed by atoms with Crippen LogP contribution in [0.5, 0.6) is 0 Å². The maximum Gasteiger partial charge on any atom is 0.150 e. The highest BCUT2D eigenvalue weighted by Gasteiger charge is 2.05. The third-order valence-corrected chi connectivity index (χ3v) is 1.67. The van der Waals surface area contributed by atoms with Crippen LogP contribution in [0.2, 0.25) is 0 Å². The third kappa shape index (κ3) is 1.26. The number of benzene rings is 1. The van der Waals surface area contributed by atoms with Gasteiger partial charge in [0.05, 0.1) is 4.47 Å². The Morgan fingerprint density at radius 3 is 2.60 bits per heavy atom. The molecule has 1 radical (unpaired) electrons. The number of anilines is 1. The molecule has 1 nitrogen and oxygen atoms in total. The molecule has 53 valence electrons. The minimum Gasteiger partial charge on any atom is -0.398 e. The van der Waals surface area contributed by atoms with Crippen LogP contribution in [-0.2, 0) is 0 Å². The van der Waals surface area contributed by atoms with Crippen molar-refractivity contribution >= 4 is 21.6 Å². The van der Waals surface area contributed by atoms with Crippen LogP contribution < -0.4 is 5.73 Å². The Kier molecular flexibility index (Phi) is 1.89. The molecule has 0 heterocycles. The van der Waals surface area contributed by atoms with Gasteiger partial charge >= 0.3 is 0 Å². The predicted octanol–water partition coefficient (Wildman–Crippen LogP) is 2.11. The molecule has 0 aliphatic heterocycles. The molecule has 2 N–H and O–H groups in total. The molecule has 0 bridgehead atoms. The predicted molar refractivity (Wildman–Crippen MR) is 37.3 cm³/mol. The fourth-order valence-corrected chi connectivity index (χ4v) is 0.736. The summed E-state index contributed by atoms with van der Waals surface area (Å²) in [6.07, 6.45) is 0. The molecular formula is C6H3BrF2N. The van der Waals surface area contributed by atoms with Crippen LogP contribution in [0.15, 0.2) is 10.5 Å². The normalized spacial score (nSPS) is 9.90. The molecule has 0 atom stereocenters. The van der Waals surface area contributed by atoms with Crippen LogP contribution in [-0.4, -0.2) is 0 Å². The zero-order chi connectivity index (χ0) is 7.72. The zero-order valence-electron chi connectivity index (χ0n) is 4.79. The quantitative estimate of drug-likeness (QED) is 0.511. The highest BCUT2D eigenvalue weighted by atomic mass is 79.9. The second-order valence-corrected chi connectivity index (χ2v) is 2.49. The highest BCUT2D eigenvalue weighted by Crippen LogP contribution is 2.21. The summed E-state index contributed by atoms with van der Waals surface area (Å²) in [5, 5.41) is 0. The summed E-state index contributed by atoms with van der Waals surface area (Å²) in [4.78, 5) is 0. The number of rotatable bonds is 0. The highest BCUT2D eigenvalue weighted by molar-refractivity contribution is 9.10. The Morgan fingerprint density at radius 2 is 2.10 bits per heavy atom. The molecule has 1 rings (SSSR count). The van der Waals surface area contributed by atoms with Crippen LogP contribution in [0.1, 0.15) is 0 Å². The second kappa shape index (κ2) is 2.54. The van der Waals surface area contributed by atoms with E-state index in [1.54, 1.807) is 0 Å². The van der Waals surface area contributed by atoms with Crippen molar-refractivity contribution < 1.29 is 8.78 Å². The summed E-state index contributed by atoms with van der Waals surface area (Å²) >= 11 is 2.68. The van der Waals surface area contributed by atoms with Gasteiger partial charge in [-0.1, -0.05) is 0 Å². The molecule has 0 saturated carbocycles. The maximum atomic E-state index is 12.5. The van der Waals surface area contributed by atoms with Gasteiger partial charge in [0.2, 0.25) is 0 Å². The van der Waals surface area contributed by atoms with Crippen molar-refractivity contribution in [3.05, 3.63) is 28.2 Å². The first-order chi connectivity index (χ1) is 4.61. The van der Waals surface area contributed by atoms with Gasteiger partial charge in [0, 0.05) is 11.8 Å². The molecule has 4 heteroatoms. The first-order valence-electron chi connectivity index (χ1n) is 2.43. The van der Waals surface area contributed by atoms with Crippen molar-refractivity contribution in [1.29, 1.82) is 0 Å². The van der Waals surface area contributed by atoms with Gasteiger partial charge in [-0.3, -0.25) is 0 Å². The minimum absolute atomic E-state index is 0.0433. The van der Waals surface area contributed by atoms with E-state index in [1.807, 2.05) is 0 Å². The lowest BCUT2D eigenvalue weighted by atomic mass is 10.3. The topological polar surface area (TPSA) is 26.0 Å². The lowest BCUT2D eigenvalue weighted by Gasteiger charge is -1.96. The summed E-state index contributed by atoms with van der Waals surface area (Å²) in [7, 11) is 0. The van der Waals surface area contributed by atoms with E-state index in [0.29, 0.717) is 0 Å². The molecule has 0 aliphatic rings. The fourth-order valence-electron chi connectivity index (χ4n) is 0.522. The molecule has 10 heavy (non-hydrogen) atoms. The van der Waals surface area contributed by atoms with Gasteiger partial charge in [-0.2, -0.15) is 0 Å². The first-order valence-corrected chi connectivity index (χ1v) is 3.23. The largest absolute Gasteiger partial charge is 0.398 e. The van der Waals surface area contributed by atoms with Gasteiger partial charge in [-0.15, -0.1) is 0 Å². The Labute approximate surface area is 65.0 Å². The van der Waals surface area contributed by atoms with E-state index in [-0.39, 0.29) is 10.2 Å². The molecule has 0 fully saturated rings. The lowest BCUT2D eigenvalue weighted by Crippen LogP contribution is -1.90. The van der Waals surface area contributed by atoms with Crippen molar-refractivity contribution in [2.45, 2.75) is 0 Å². The van der Waals surface area contributed by atoms with Crippen molar-refractivity contribution in [1.82, 2.24) is 0 Å². The fraction of sp³-hybridized carbons (Fsp3) is 0. The molecule has 0 aliphatic carbocycles. The van der Waals surface area contributed by atoms with Crippen LogP contribution in [0.4, 0.5) is 14.5 Å². The molecule has 0 spiro atoms. The molecule has 0 aromatic heterocycles. The Bertz CT molecular complexity index is 239. The summed E-state index contributed by atoms with van der Waals surface area (Å²) < 4.78 is 24.6. The van der Waals surface area contributed by atoms with E-state index >= 15 is 0 Å². The van der Waals surface area contributed by atoms with E-state index in [9.17, 15) is 8.78 Å². The first kappa shape index (κ1) is 7.47. The van der Waals surface area contributed by atoms with E-state index in [4.69, 9.17) is 5.73 Å². The van der Waals surface area contributed by atoms with E-state index in [2.05, 4.69) is 22.0 Å². The van der Waals surface area contributed by atoms with Crippen molar-refractivity contribution in [2.75, 3.05) is 5.73 Å². The number of hydrogen-bond donors (Lipinski definition) is 1. The summed E-state index contributed by atoms with van der Waals surface area (Å²) in [6, 6.07) is 3.10. The van der Waals surface area contributed by atoms with E-state index < -0.39 is 11.6 Å². The van der Waals surface area contributed by atoms with E-state index in [0.717, 1.165) is 6.07 Å². The number of nitrogens with two attached hydrogens (primary N) is 1. The number of halogens is 3. The average molecular weight is 207 g/mol. The van der Waals surface area contributed by atoms with Gasteiger partial charge in [-0.05, 0) is 22.0 Å². The molecule has 0 amide bonds. The van der Waals surface area contributed by atoms with Crippen LogP contribution in [0, 0.1) is 17.7 Å². The zero-order valence-corrected chi connectivity index (χ0v) is 6.37. The number of nitrogen functional groups attached to an aromatic ring is 1. The standard InChI is InChI=1S/C6H3BrF2N/c7-6-4(8)1-3(10)2-5(6)9/h1H,10H2. The SMILES string of the molecule is Nc1[c]c(F)c(Br)c(F)c1. The Balaban J connectivity index is 3.31. The van der Waals surface area contributed by atoms with Crippen LogP contribution in [0.3, 0.4) is 0 Å². The summed E-state index contributed by atoms with van der Waals surface area (Å²) in [6.45, 7) is 0. The third-order valence-electron chi connectivity index (χ3n) is 0.939.